The average Bonchev–Trinajstić information content (AvgIpc) is 3.30. The number of hydrogen-bond donors (Lipinski definition) is 2. The standard InChI is InChI=1S/C32H39N7O/c1-6-22-20-29(38(5)19-18-37(3)4)26(34-30(40)7-2)21-25(22)36-32-33-16-15-24(35-32)31-23-12-8-9-13-27(23)39-17-11-10-14-28(31)39/h7-9,12-13,15-16,20-21H,2,6,10-11,14,17-19H2,1,3-5H3,(H,34,40)(H,33,35,36). The van der Waals surface area contributed by atoms with E-state index >= 15 is 0 Å². The Morgan fingerprint density at radius 2 is 1.93 bits per heavy atom. The van der Waals surface area contributed by atoms with Crippen LogP contribution in [0.25, 0.3) is 22.2 Å². The number of carbonyl (C=O) groups excluding carboxylic acids is 1. The minimum Gasteiger partial charge on any atom is -0.372 e. The van der Waals surface area contributed by atoms with E-state index in [1.807, 2.05) is 25.4 Å². The summed E-state index contributed by atoms with van der Waals surface area (Å²) >= 11 is 0. The number of amides is 1. The van der Waals surface area contributed by atoms with E-state index in [1.54, 1.807) is 0 Å². The number of nitrogens with zero attached hydrogens (tertiary/aromatic N) is 5. The Bertz CT molecular complexity index is 1540. The molecule has 40 heavy (non-hydrogen) atoms. The minimum absolute atomic E-state index is 0.249. The van der Waals surface area contributed by atoms with E-state index in [0.29, 0.717) is 5.95 Å². The monoisotopic (exact) mass is 537 g/mol. The van der Waals surface area contributed by atoms with E-state index < -0.39 is 0 Å². The van der Waals surface area contributed by atoms with Crippen LogP contribution >= 0.6 is 0 Å². The molecule has 208 valence electrons. The van der Waals surface area contributed by atoms with Crippen LogP contribution in [-0.2, 0) is 24.2 Å². The third-order valence-corrected chi connectivity index (χ3v) is 7.62. The van der Waals surface area contributed by atoms with Gasteiger partial charge in [0.05, 0.1) is 17.1 Å². The molecule has 2 aromatic carbocycles. The number of carbonyl (C=O) groups is 1. The number of aromatic nitrogens is 3. The van der Waals surface area contributed by atoms with E-state index in [4.69, 9.17) is 4.98 Å². The van der Waals surface area contributed by atoms with Gasteiger partial charge in [0.25, 0.3) is 0 Å². The zero-order chi connectivity index (χ0) is 28.2. The number of hydrogen-bond acceptors (Lipinski definition) is 6. The van der Waals surface area contributed by atoms with Crippen molar-refractivity contribution in [3.8, 4) is 11.3 Å². The molecule has 0 radical (unpaired) electrons. The third-order valence-electron chi connectivity index (χ3n) is 7.62. The number of benzene rings is 2. The van der Waals surface area contributed by atoms with E-state index in [1.165, 1.54) is 41.1 Å². The van der Waals surface area contributed by atoms with Crippen LogP contribution in [0.1, 0.15) is 31.0 Å². The van der Waals surface area contributed by atoms with Crippen molar-refractivity contribution in [3.05, 3.63) is 72.6 Å². The fourth-order valence-corrected chi connectivity index (χ4v) is 5.51. The van der Waals surface area contributed by atoms with Crippen molar-refractivity contribution < 1.29 is 4.79 Å². The van der Waals surface area contributed by atoms with Crippen LogP contribution in [0.5, 0.6) is 0 Å². The third kappa shape index (κ3) is 5.58. The number of fused-ring (bicyclic) bond motifs is 3. The lowest BCUT2D eigenvalue weighted by Gasteiger charge is -2.26. The molecule has 0 saturated heterocycles. The lowest BCUT2D eigenvalue weighted by atomic mass is 10.0. The highest BCUT2D eigenvalue weighted by Crippen LogP contribution is 2.38. The van der Waals surface area contributed by atoms with Crippen molar-refractivity contribution in [1.82, 2.24) is 19.4 Å². The zero-order valence-electron chi connectivity index (χ0n) is 24.0. The number of anilines is 4. The largest absolute Gasteiger partial charge is 0.372 e. The van der Waals surface area contributed by atoms with Crippen molar-refractivity contribution >= 4 is 39.8 Å². The summed E-state index contributed by atoms with van der Waals surface area (Å²) < 4.78 is 2.46. The molecule has 0 atom stereocenters. The smallest absolute Gasteiger partial charge is 0.247 e. The maximum Gasteiger partial charge on any atom is 0.247 e. The van der Waals surface area contributed by atoms with Gasteiger partial charge in [-0.05, 0) is 75.7 Å². The molecular weight excluding hydrogens is 498 g/mol. The molecule has 0 spiro atoms. The molecule has 0 aliphatic carbocycles. The molecule has 4 aromatic rings. The molecule has 8 nitrogen and oxygen atoms in total. The lowest BCUT2D eigenvalue weighted by Crippen LogP contribution is -2.29. The highest BCUT2D eigenvalue weighted by atomic mass is 16.1. The Balaban J connectivity index is 1.53. The molecule has 1 aliphatic rings. The molecule has 0 saturated carbocycles. The fraction of sp³-hybridized carbons (Fsp3) is 0.344. The Hall–Kier alpha value is -4.17. The molecule has 0 fully saturated rings. The van der Waals surface area contributed by atoms with Gasteiger partial charge >= 0.3 is 0 Å². The quantitative estimate of drug-likeness (QED) is 0.247. The SMILES string of the molecule is C=CC(=O)Nc1cc(Nc2nccc(-c3c4n(c5ccccc35)CCCC4)n2)c(CC)cc1N(C)CCN(C)C. The van der Waals surface area contributed by atoms with Crippen molar-refractivity contribution in [2.45, 2.75) is 39.2 Å². The number of likely N-dealkylation sites (N-methyl/N-ethyl adjacent to an activating group) is 2. The van der Waals surface area contributed by atoms with Gasteiger partial charge in [0.2, 0.25) is 11.9 Å². The fourth-order valence-electron chi connectivity index (χ4n) is 5.51. The van der Waals surface area contributed by atoms with Gasteiger partial charge in [0.15, 0.2) is 0 Å². The molecule has 2 N–H and O–H groups in total. The van der Waals surface area contributed by atoms with Crippen molar-refractivity contribution in [1.29, 1.82) is 0 Å². The van der Waals surface area contributed by atoms with Gasteiger partial charge in [-0.3, -0.25) is 4.79 Å². The highest BCUT2D eigenvalue weighted by Gasteiger charge is 2.22. The number of rotatable bonds is 10. The summed E-state index contributed by atoms with van der Waals surface area (Å²) in [6, 6.07) is 14.7. The second-order valence-corrected chi connectivity index (χ2v) is 10.6. The summed E-state index contributed by atoms with van der Waals surface area (Å²) in [5.74, 6) is 0.280. The Labute approximate surface area is 236 Å². The van der Waals surface area contributed by atoms with Gasteiger partial charge < -0.3 is 25.0 Å². The highest BCUT2D eigenvalue weighted by molar-refractivity contribution is 6.02. The van der Waals surface area contributed by atoms with Crippen molar-refractivity contribution in [2.24, 2.45) is 0 Å². The van der Waals surface area contributed by atoms with Crippen LogP contribution in [0.4, 0.5) is 23.0 Å². The van der Waals surface area contributed by atoms with Gasteiger partial charge in [0, 0.05) is 60.7 Å². The summed E-state index contributed by atoms with van der Waals surface area (Å²) in [6.07, 6.45) is 7.36. The summed E-state index contributed by atoms with van der Waals surface area (Å²) in [5, 5.41) is 7.70. The summed E-state index contributed by atoms with van der Waals surface area (Å²) in [4.78, 5) is 26.2. The molecule has 5 rings (SSSR count). The average molecular weight is 538 g/mol. The van der Waals surface area contributed by atoms with Gasteiger partial charge in [-0.2, -0.15) is 0 Å². The Morgan fingerprint density at radius 3 is 2.70 bits per heavy atom. The van der Waals surface area contributed by atoms with Gasteiger partial charge in [-0.15, -0.1) is 0 Å². The maximum atomic E-state index is 12.3. The zero-order valence-corrected chi connectivity index (χ0v) is 24.0. The summed E-state index contributed by atoms with van der Waals surface area (Å²) in [7, 11) is 6.16. The first-order valence-corrected chi connectivity index (χ1v) is 14.1. The van der Waals surface area contributed by atoms with Crippen LogP contribution in [0.15, 0.2) is 61.3 Å². The minimum atomic E-state index is -0.249. The van der Waals surface area contributed by atoms with Gasteiger partial charge in [-0.25, -0.2) is 9.97 Å². The Morgan fingerprint density at radius 1 is 1.10 bits per heavy atom. The summed E-state index contributed by atoms with van der Waals surface area (Å²) in [5.41, 5.74) is 8.40. The van der Waals surface area contributed by atoms with E-state index in [2.05, 4.69) is 87.9 Å². The van der Waals surface area contributed by atoms with Crippen LogP contribution in [0.2, 0.25) is 0 Å². The van der Waals surface area contributed by atoms with E-state index in [9.17, 15) is 4.79 Å². The molecule has 1 aliphatic heterocycles. The van der Waals surface area contributed by atoms with Gasteiger partial charge in [0.1, 0.15) is 0 Å². The molecule has 0 unspecified atom stereocenters. The first kappa shape index (κ1) is 27.4. The van der Waals surface area contributed by atoms with Crippen LogP contribution in [0, 0.1) is 0 Å². The molecule has 1 amide bonds. The van der Waals surface area contributed by atoms with Crippen LogP contribution < -0.4 is 15.5 Å². The first-order chi connectivity index (χ1) is 19.4. The van der Waals surface area contributed by atoms with E-state index in [0.717, 1.165) is 60.8 Å². The first-order valence-electron chi connectivity index (χ1n) is 14.1. The molecule has 2 aromatic heterocycles. The molecule has 0 bridgehead atoms. The summed E-state index contributed by atoms with van der Waals surface area (Å²) in [6.45, 7) is 8.52. The topological polar surface area (TPSA) is 78.3 Å². The second kappa shape index (κ2) is 11.9. The number of aryl methyl sites for hydroxylation is 2. The lowest BCUT2D eigenvalue weighted by molar-refractivity contribution is -0.111. The predicted octanol–water partition coefficient (Wildman–Crippen LogP) is 5.86. The molecule has 3 heterocycles. The van der Waals surface area contributed by atoms with Crippen molar-refractivity contribution in [3.63, 3.8) is 0 Å². The predicted molar refractivity (Wildman–Crippen MR) is 166 cm³/mol. The molecular formula is C32H39N7O. The number of para-hydroxylation sites is 1. The van der Waals surface area contributed by atoms with Crippen LogP contribution in [-0.4, -0.2) is 59.6 Å². The van der Waals surface area contributed by atoms with E-state index in [-0.39, 0.29) is 5.91 Å². The normalized spacial score (nSPS) is 12.8. The maximum absolute atomic E-state index is 12.3. The van der Waals surface area contributed by atoms with Crippen molar-refractivity contribution in [2.75, 3.05) is 49.8 Å². The Kier molecular flexibility index (Phi) is 8.16. The van der Waals surface area contributed by atoms with Gasteiger partial charge in [-0.1, -0.05) is 31.7 Å². The number of nitrogens with one attached hydrogen (secondary N) is 2. The van der Waals surface area contributed by atoms with Crippen LogP contribution in [0.3, 0.4) is 0 Å². The second-order valence-electron chi connectivity index (χ2n) is 10.6. The molecule has 8 heteroatoms.